The third kappa shape index (κ3) is 6.48. The number of halogens is 1. The van der Waals surface area contributed by atoms with E-state index in [2.05, 4.69) is 5.32 Å². The minimum atomic E-state index is -0.321. The van der Waals surface area contributed by atoms with Gasteiger partial charge in [-0.05, 0) is 42.0 Å². The maximum absolute atomic E-state index is 12.9. The van der Waals surface area contributed by atoms with E-state index in [4.69, 9.17) is 5.11 Å². The predicted molar refractivity (Wildman–Crippen MR) is 78.5 cm³/mol. The Hall–Kier alpha value is -1.68. The molecule has 0 bridgehead atoms. The van der Waals surface area contributed by atoms with E-state index in [1.807, 2.05) is 13.8 Å². The highest BCUT2D eigenvalue weighted by molar-refractivity contribution is 5.91. The quantitative estimate of drug-likeness (QED) is 0.595. The molecule has 3 nitrogen and oxygen atoms in total. The van der Waals surface area contributed by atoms with E-state index in [1.54, 1.807) is 18.2 Å². The molecule has 0 aliphatic rings. The number of aliphatic hydroxyl groups is 1. The van der Waals surface area contributed by atoms with Crippen molar-refractivity contribution >= 4 is 12.0 Å². The summed E-state index contributed by atoms with van der Waals surface area (Å²) in [5.74, 6) is -0.519. The first-order valence-electron chi connectivity index (χ1n) is 6.75. The van der Waals surface area contributed by atoms with Crippen LogP contribution in [0.4, 0.5) is 4.39 Å². The zero-order valence-corrected chi connectivity index (χ0v) is 12.0. The second-order valence-electron chi connectivity index (χ2n) is 5.61. The average molecular weight is 279 g/mol. The lowest BCUT2D eigenvalue weighted by Gasteiger charge is -2.20. The number of aliphatic hydroxyl groups excluding tert-OH is 1. The summed E-state index contributed by atoms with van der Waals surface area (Å²) in [6, 6.07) is 6.06. The summed E-state index contributed by atoms with van der Waals surface area (Å²) >= 11 is 0. The Morgan fingerprint density at radius 2 is 2.20 bits per heavy atom. The van der Waals surface area contributed by atoms with Gasteiger partial charge in [0.2, 0.25) is 5.91 Å². The fourth-order valence-corrected chi connectivity index (χ4v) is 1.70. The minimum Gasteiger partial charge on any atom is -0.396 e. The third-order valence-corrected chi connectivity index (χ3v) is 3.03. The Kier molecular flexibility index (Phi) is 6.39. The third-order valence-electron chi connectivity index (χ3n) is 3.03. The van der Waals surface area contributed by atoms with Crippen molar-refractivity contribution in [2.45, 2.75) is 26.7 Å². The van der Waals surface area contributed by atoms with Gasteiger partial charge in [0.15, 0.2) is 0 Å². The summed E-state index contributed by atoms with van der Waals surface area (Å²) < 4.78 is 12.9. The molecular formula is C16H22FNO2. The van der Waals surface area contributed by atoms with Gasteiger partial charge in [-0.15, -0.1) is 0 Å². The van der Waals surface area contributed by atoms with Gasteiger partial charge < -0.3 is 10.4 Å². The second kappa shape index (κ2) is 7.80. The lowest BCUT2D eigenvalue weighted by Crippen LogP contribution is -2.24. The van der Waals surface area contributed by atoms with E-state index in [0.29, 0.717) is 12.1 Å². The first-order valence-corrected chi connectivity index (χ1v) is 6.75. The van der Waals surface area contributed by atoms with Crippen molar-refractivity contribution in [3.05, 3.63) is 41.7 Å². The summed E-state index contributed by atoms with van der Waals surface area (Å²) in [5.41, 5.74) is 0.545. The van der Waals surface area contributed by atoms with E-state index in [1.165, 1.54) is 18.2 Å². The highest BCUT2D eigenvalue weighted by Crippen LogP contribution is 2.20. The Morgan fingerprint density at radius 3 is 2.85 bits per heavy atom. The number of hydrogen-bond acceptors (Lipinski definition) is 2. The predicted octanol–water partition coefficient (Wildman–Crippen LogP) is 2.75. The van der Waals surface area contributed by atoms with Gasteiger partial charge in [-0.25, -0.2) is 4.39 Å². The van der Waals surface area contributed by atoms with Gasteiger partial charge in [0, 0.05) is 19.2 Å². The molecule has 20 heavy (non-hydrogen) atoms. The molecule has 1 aromatic carbocycles. The van der Waals surface area contributed by atoms with Crippen LogP contribution in [0.25, 0.3) is 6.08 Å². The van der Waals surface area contributed by atoms with Crippen LogP contribution in [0, 0.1) is 11.2 Å². The Balaban J connectivity index is 2.30. The molecule has 0 unspecified atom stereocenters. The number of rotatable bonds is 7. The molecule has 0 spiro atoms. The summed E-state index contributed by atoms with van der Waals surface area (Å²) in [7, 11) is 0. The molecule has 1 aromatic rings. The fraction of sp³-hybridized carbons (Fsp3) is 0.438. The lowest BCUT2D eigenvalue weighted by molar-refractivity contribution is -0.116. The molecule has 0 heterocycles. The van der Waals surface area contributed by atoms with Crippen LogP contribution in [0.2, 0.25) is 0 Å². The molecule has 110 valence electrons. The van der Waals surface area contributed by atoms with Crippen LogP contribution in [0.15, 0.2) is 30.3 Å². The molecule has 4 heteroatoms. The zero-order chi connectivity index (χ0) is 15.0. The molecule has 0 aliphatic heterocycles. The SMILES string of the molecule is CC(C)(CO)CCCNC(=O)/C=C/c1cccc(F)c1. The van der Waals surface area contributed by atoms with E-state index in [9.17, 15) is 9.18 Å². The molecule has 1 amide bonds. The van der Waals surface area contributed by atoms with Crippen LogP contribution < -0.4 is 5.32 Å². The van der Waals surface area contributed by atoms with Crippen LogP contribution in [0.1, 0.15) is 32.3 Å². The number of carbonyl (C=O) groups excluding carboxylic acids is 1. The number of nitrogens with one attached hydrogen (secondary N) is 1. The topological polar surface area (TPSA) is 49.3 Å². The largest absolute Gasteiger partial charge is 0.396 e. The molecule has 0 saturated carbocycles. The van der Waals surface area contributed by atoms with Crippen LogP contribution in [-0.4, -0.2) is 24.2 Å². The van der Waals surface area contributed by atoms with Gasteiger partial charge in [-0.3, -0.25) is 4.79 Å². The number of hydrogen-bond donors (Lipinski definition) is 2. The summed E-state index contributed by atoms with van der Waals surface area (Å²) in [6.07, 6.45) is 4.63. The van der Waals surface area contributed by atoms with Gasteiger partial charge >= 0.3 is 0 Å². The van der Waals surface area contributed by atoms with Crippen molar-refractivity contribution in [1.82, 2.24) is 5.32 Å². The van der Waals surface area contributed by atoms with Crippen LogP contribution in [0.3, 0.4) is 0 Å². The first-order chi connectivity index (χ1) is 9.43. The normalized spacial score (nSPS) is 11.8. The van der Waals surface area contributed by atoms with Gasteiger partial charge in [-0.1, -0.05) is 26.0 Å². The maximum atomic E-state index is 12.9. The molecule has 0 aromatic heterocycles. The van der Waals surface area contributed by atoms with Crippen molar-refractivity contribution in [1.29, 1.82) is 0 Å². The Morgan fingerprint density at radius 1 is 1.45 bits per heavy atom. The standard InChI is InChI=1S/C16H22FNO2/c1-16(2,12-19)9-4-10-18-15(20)8-7-13-5-3-6-14(17)11-13/h3,5-8,11,19H,4,9-10,12H2,1-2H3,(H,18,20)/b8-7+. The summed E-state index contributed by atoms with van der Waals surface area (Å²) in [4.78, 5) is 11.6. The van der Waals surface area contributed by atoms with Gasteiger partial charge in [0.25, 0.3) is 0 Å². The van der Waals surface area contributed by atoms with Crippen LogP contribution >= 0.6 is 0 Å². The Bertz CT molecular complexity index is 469. The van der Waals surface area contributed by atoms with Gasteiger partial charge in [0.05, 0.1) is 0 Å². The molecule has 2 N–H and O–H groups in total. The smallest absolute Gasteiger partial charge is 0.243 e. The molecular weight excluding hydrogens is 257 g/mol. The Labute approximate surface area is 119 Å². The fourth-order valence-electron chi connectivity index (χ4n) is 1.70. The van der Waals surface area contributed by atoms with Crippen LogP contribution in [-0.2, 0) is 4.79 Å². The number of amides is 1. The molecule has 1 rings (SSSR count). The minimum absolute atomic E-state index is 0.109. The highest BCUT2D eigenvalue weighted by atomic mass is 19.1. The summed E-state index contributed by atoms with van der Waals surface area (Å²) in [5, 5.41) is 11.9. The van der Waals surface area contributed by atoms with Crippen molar-refractivity contribution in [3.8, 4) is 0 Å². The van der Waals surface area contributed by atoms with E-state index in [0.717, 1.165) is 12.8 Å². The first kappa shape index (κ1) is 16.4. The molecule has 0 fully saturated rings. The summed E-state index contributed by atoms with van der Waals surface area (Å²) in [6.45, 7) is 4.67. The zero-order valence-electron chi connectivity index (χ0n) is 12.0. The lowest BCUT2D eigenvalue weighted by atomic mass is 9.89. The van der Waals surface area contributed by atoms with Gasteiger partial charge in [-0.2, -0.15) is 0 Å². The monoisotopic (exact) mass is 279 g/mol. The van der Waals surface area contributed by atoms with Gasteiger partial charge in [0.1, 0.15) is 5.82 Å². The van der Waals surface area contributed by atoms with Crippen LogP contribution in [0.5, 0.6) is 0 Å². The van der Waals surface area contributed by atoms with Crippen molar-refractivity contribution in [2.75, 3.05) is 13.2 Å². The van der Waals surface area contributed by atoms with E-state index >= 15 is 0 Å². The molecule has 0 aliphatic carbocycles. The van der Waals surface area contributed by atoms with E-state index in [-0.39, 0.29) is 23.7 Å². The molecule has 0 atom stereocenters. The molecule has 0 radical (unpaired) electrons. The van der Waals surface area contributed by atoms with Crippen molar-refractivity contribution in [2.24, 2.45) is 5.41 Å². The van der Waals surface area contributed by atoms with Crippen molar-refractivity contribution in [3.63, 3.8) is 0 Å². The van der Waals surface area contributed by atoms with E-state index < -0.39 is 0 Å². The maximum Gasteiger partial charge on any atom is 0.243 e. The molecule has 0 saturated heterocycles. The number of carbonyl (C=O) groups is 1. The number of benzene rings is 1. The second-order valence-corrected chi connectivity index (χ2v) is 5.61. The van der Waals surface area contributed by atoms with Crippen molar-refractivity contribution < 1.29 is 14.3 Å². The average Bonchev–Trinajstić information content (AvgIpc) is 2.41. The highest BCUT2D eigenvalue weighted by Gasteiger charge is 2.15.